The molecule has 0 aliphatic carbocycles. The van der Waals surface area contributed by atoms with Crippen LogP contribution in [-0.2, 0) is 0 Å². The van der Waals surface area contributed by atoms with Crippen LogP contribution in [0.4, 0.5) is 8.78 Å². The fourth-order valence-electron chi connectivity index (χ4n) is 1.93. The van der Waals surface area contributed by atoms with Crippen LogP contribution in [0.2, 0.25) is 4.34 Å². The number of thiophene rings is 1. The lowest BCUT2D eigenvalue weighted by Gasteiger charge is -2.19. The van der Waals surface area contributed by atoms with Gasteiger partial charge in [0.15, 0.2) is 0 Å². The van der Waals surface area contributed by atoms with Gasteiger partial charge in [-0.05, 0) is 47.1 Å². The SMILES string of the molecule is CCCNC(c1cc(Br)c(Cl)s1)c1c(F)cccc1F. The Morgan fingerprint density at radius 3 is 2.50 bits per heavy atom. The molecule has 6 heteroatoms. The van der Waals surface area contributed by atoms with Crippen molar-refractivity contribution in [3.63, 3.8) is 0 Å². The Labute approximate surface area is 134 Å². The number of hydrogen-bond acceptors (Lipinski definition) is 2. The molecule has 1 atom stereocenters. The predicted molar refractivity (Wildman–Crippen MR) is 83.5 cm³/mol. The van der Waals surface area contributed by atoms with E-state index in [0.29, 0.717) is 10.9 Å². The third-order valence-electron chi connectivity index (χ3n) is 2.84. The molecular formula is C14H13BrClF2NS. The van der Waals surface area contributed by atoms with Gasteiger partial charge in [0.25, 0.3) is 0 Å². The molecular weight excluding hydrogens is 368 g/mol. The third kappa shape index (κ3) is 3.39. The van der Waals surface area contributed by atoms with E-state index in [1.54, 1.807) is 6.07 Å². The van der Waals surface area contributed by atoms with Gasteiger partial charge in [-0.15, -0.1) is 11.3 Å². The summed E-state index contributed by atoms with van der Waals surface area (Å²) in [6.45, 7) is 2.66. The van der Waals surface area contributed by atoms with Crippen LogP contribution in [0.5, 0.6) is 0 Å². The van der Waals surface area contributed by atoms with Gasteiger partial charge in [-0.2, -0.15) is 0 Å². The van der Waals surface area contributed by atoms with Crippen molar-refractivity contribution in [2.75, 3.05) is 6.54 Å². The van der Waals surface area contributed by atoms with Gasteiger partial charge in [0.1, 0.15) is 16.0 Å². The monoisotopic (exact) mass is 379 g/mol. The number of hydrogen-bond donors (Lipinski definition) is 1. The Morgan fingerprint density at radius 1 is 1.35 bits per heavy atom. The summed E-state index contributed by atoms with van der Waals surface area (Å²) < 4.78 is 29.3. The van der Waals surface area contributed by atoms with E-state index in [2.05, 4.69) is 21.2 Å². The molecule has 0 aliphatic heterocycles. The topological polar surface area (TPSA) is 12.0 Å². The molecule has 108 valence electrons. The van der Waals surface area contributed by atoms with E-state index < -0.39 is 17.7 Å². The van der Waals surface area contributed by atoms with Crippen LogP contribution >= 0.6 is 38.9 Å². The summed E-state index contributed by atoms with van der Waals surface area (Å²) in [6, 6.07) is 5.16. The van der Waals surface area contributed by atoms with Crippen molar-refractivity contribution in [3.8, 4) is 0 Å². The van der Waals surface area contributed by atoms with Crippen molar-refractivity contribution in [1.29, 1.82) is 0 Å². The average molecular weight is 381 g/mol. The van der Waals surface area contributed by atoms with E-state index in [1.807, 2.05) is 6.92 Å². The van der Waals surface area contributed by atoms with Gasteiger partial charge in [-0.25, -0.2) is 8.78 Å². The Balaban J connectivity index is 2.47. The highest BCUT2D eigenvalue weighted by atomic mass is 79.9. The smallest absolute Gasteiger partial charge is 0.131 e. The lowest BCUT2D eigenvalue weighted by molar-refractivity contribution is 0.506. The van der Waals surface area contributed by atoms with E-state index in [1.165, 1.54) is 29.5 Å². The second-order valence-corrected chi connectivity index (χ2v) is 6.83. The fraction of sp³-hybridized carbons (Fsp3) is 0.286. The summed E-state index contributed by atoms with van der Waals surface area (Å²) in [5, 5.41) is 3.18. The number of rotatable bonds is 5. The van der Waals surface area contributed by atoms with Crippen molar-refractivity contribution >= 4 is 38.9 Å². The first-order valence-electron chi connectivity index (χ1n) is 6.16. The first-order valence-corrected chi connectivity index (χ1v) is 8.15. The van der Waals surface area contributed by atoms with Crippen LogP contribution in [0.15, 0.2) is 28.7 Å². The molecule has 0 bridgehead atoms. The normalized spacial score (nSPS) is 12.7. The molecule has 0 spiro atoms. The second-order valence-electron chi connectivity index (χ2n) is 4.29. The Bertz CT molecular complexity index is 563. The zero-order valence-corrected chi connectivity index (χ0v) is 13.9. The zero-order valence-electron chi connectivity index (χ0n) is 10.7. The van der Waals surface area contributed by atoms with Crippen molar-refractivity contribution in [2.45, 2.75) is 19.4 Å². The molecule has 0 saturated carbocycles. The summed E-state index contributed by atoms with van der Waals surface area (Å²) in [4.78, 5) is 0.777. The first kappa shape index (κ1) is 15.9. The lowest BCUT2D eigenvalue weighted by Crippen LogP contribution is -2.24. The minimum Gasteiger partial charge on any atom is -0.305 e. The van der Waals surface area contributed by atoms with Crippen LogP contribution in [0.3, 0.4) is 0 Å². The molecule has 1 aromatic carbocycles. The van der Waals surface area contributed by atoms with Gasteiger partial charge in [0, 0.05) is 14.9 Å². The molecule has 2 rings (SSSR count). The summed E-state index contributed by atoms with van der Waals surface area (Å²) in [7, 11) is 0. The maximum atomic E-state index is 14.0. The minimum absolute atomic E-state index is 0.0337. The van der Waals surface area contributed by atoms with Gasteiger partial charge >= 0.3 is 0 Å². The van der Waals surface area contributed by atoms with Crippen LogP contribution < -0.4 is 5.32 Å². The van der Waals surface area contributed by atoms with E-state index >= 15 is 0 Å². The highest BCUT2D eigenvalue weighted by Gasteiger charge is 2.23. The molecule has 1 heterocycles. The number of benzene rings is 1. The van der Waals surface area contributed by atoms with Gasteiger partial charge in [0.05, 0.1) is 6.04 Å². The zero-order chi connectivity index (χ0) is 14.7. The van der Waals surface area contributed by atoms with Crippen molar-refractivity contribution in [2.24, 2.45) is 0 Å². The van der Waals surface area contributed by atoms with Crippen molar-refractivity contribution < 1.29 is 8.78 Å². The summed E-state index contributed by atoms with van der Waals surface area (Å²) >= 11 is 10.7. The van der Waals surface area contributed by atoms with Gasteiger partial charge in [-0.1, -0.05) is 24.6 Å². The Morgan fingerprint density at radius 2 is 2.00 bits per heavy atom. The molecule has 1 nitrogen and oxygen atoms in total. The maximum absolute atomic E-state index is 14.0. The molecule has 0 fully saturated rings. The van der Waals surface area contributed by atoms with Crippen LogP contribution in [-0.4, -0.2) is 6.54 Å². The van der Waals surface area contributed by atoms with Crippen LogP contribution in [0.25, 0.3) is 0 Å². The molecule has 0 radical (unpaired) electrons. The Kier molecular flexibility index (Phi) is 5.55. The molecule has 1 aromatic heterocycles. The number of halogens is 4. The minimum atomic E-state index is -0.556. The second kappa shape index (κ2) is 6.98. The number of nitrogens with one attached hydrogen (secondary N) is 1. The van der Waals surface area contributed by atoms with E-state index in [9.17, 15) is 8.78 Å². The largest absolute Gasteiger partial charge is 0.305 e. The summed E-state index contributed by atoms with van der Waals surface area (Å²) in [5.41, 5.74) is 0.0337. The van der Waals surface area contributed by atoms with Crippen LogP contribution in [0.1, 0.15) is 29.8 Å². The van der Waals surface area contributed by atoms with Crippen molar-refractivity contribution in [1.82, 2.24) is 5.32 Å². The third-order valence-corrected chi connectivity index (χ3v) is 5.38. The molecule has 2 aromatic rings. The van der Waals surface area contributed by atoms with Gasteiger partial charge < -0.3 is 5.32 Å². The fourth-order valence-corrected chi connectivity index (χ4v) is 3.75. The van der Waals surface area contributed by atoms with E-state index in [0.717, 1.165) is 15.8 Å². The molecule has 1 unspecified atom stereocenters. The van der Waals surface area contributed by atoms with E-state index in [-0.39, 0.29) is 5.56 Å². The molecule has 0 aliphatic rings. The average Bonchev–Trinajstić information content (AvgIpc) is 2.73. The molecule has 0 saturated heterocycles. The summed E-state index contributed by atoms with van der Waals surface area (Å²) in [5.74, 6) is -1.11. The quantitative estimate of drug-likeness (QED) is 0.719. The van der Waals surface area contributed by atoms with E-state index in [4.69, 9.17) is 11.6 Å². The summed E-state index contributed by atoms with van der Waals surface area (Å²) in [6.07, 6.45) is 0.868. The Hall–Kier alpha value is -0.490. The van der Waals surface area contributed by atoms with Crippen LogP contribution in [0, 0.1) is 11.6 Å². The lowest BCUT2D eigenvalue weighted by atomic mass is 10.0. The van der Waals surface area contributed by atoms with Gasteiger partial charge in [-0.3, -0.25) is 0 Å². The first-order chi connectivity index (χ1) is 9.54. The molecule has 0 amide bonds. The highest BCUT2D eigenvalue weighted by Crippen LogP contribution is 2.38. The predicted octanol–water partition coefficient (Wildman–Crippen LogP) is 5.53. The van der Waals surface area contributed by atoms with Crippen molar-refractivity contribution in [3.05, 3.63) is 55.1 Å². The standard InChI is InChI=1S/C14H13BrClF2NS/c1-2-6-19-13(11-7-8(15)14(16)20-11)12-9(17)4-3-5-10(12)18/h3-5,7,13,19H,2,6H2,1H3. The molecule has 1 N–H and O–H groups in total. The van der Waals surface area contributed by atoms with Gasteiger partial charge in [0.2, 0.25) is 0 Å². The maximum Gasteiger partial charge on any atom is 0.131 e. The molecule has 20 heavy (non-hydrogen) atoms. The highest BCUT2D eigenvalue weighted by molar-refractivity contribution is 9.10.